The Labute approximate surface area is 403 Å². The van der Waals surface area contributed by atoms with E-state index >= 15 is 0 Å². The molecule has 6 aromatic carbocycles. The second-order valence-corrected chi connectivity index (χ2v) is 16.2. The first-order chi connectivity index (χ1) is 34.0. The highest BCUT2D eigenvalue weighted by molar-refractivity contribution is 5.97. The largest absolute Gasteiger partial charge is 0.494 e. The summed E-state index contributed by atoms with van der Waals surface area (Å²) >= 11 is 0. The number of hydrogen-bond donors (Lipinski definition) is 0. The SMILES string of the molecule is C=CC(=O)OCCCCOc1ccc(C(=O)Oc2ccc(OC(=O)c3cccc4c3C3(CC4)CCc4cccc(C(=O)Oc5ccc(OC(=O)c6ccc(OCOC(=O)C=C)cc6)cc5)c43)cc2)cc1. The van der Waals surface area contributed by atoms with Crippen molar-refractivity contribution in [3.05, 3.63) is 203 Å². The van der Waals surface area contributed by atoms with Crippen LogP contribution in [-0.4, -0.2) is 55.8 Å². The molecule has 0 aromatic heterocycles. The zero-order valence-electron chi connectivity index (χ0n) is 37.9. The molecule has 14 heteroatoms. The molecule has 6 aromatic rings. The number of benzene rings is 6. The van der Waals surface area contributed by atoms with Crippen LogP contribution in [-0.2, 0) is 37.3 Å². The fraction of sp³-hybridized carbons (Fsp3) is 0.179. The van der Waals surface area contributed by atoms with E-state index in [0.29, 0.717) is 73.3 Å². The van der Waals surface area contributed by atoms with Crippen LogP contribution in [0.15, 0.2) is 159 Å². The molecule has 14 nitrogen and oxygen atoms in total. The molecule has 0 bridgehead atoms. The van der Waals surface area contributed by atoms with E-state index in [1.54, 1.807) is 60.7 Å². The van der Waals surface area contributed by atoms with Gasteiger partial charge in [-0.25, -0.2) is 28.8 Å². The number of esters is 6. The van der Waals surface area contributed by atoms with Crippen LogP contribution in [0.4, 0.5) is 0 Å². The van der Waals surface area contributed by atoms with Gasteiger partial charge in [0, 0.05) is 17.6 Å². The van der Waals surface area contributed by atoms with Gasteiger partial charge in [0.2, 0.25) is 6.79 Å². The first kappa shape index (κ1) is 47.7. The van der Waals surface area contributed by atoms with Gasteiger partial charge < -0.3 is 37.9 Å². The van der Waals surface area contributed by atoms with E-state index in [2.05, 4.69) is 13.2 Å². The van der Waals surface area contributed by atoms with Crippen molar-refractivity contribution in [1.29, 1.82) is 0 Å². The van der Waals surface area contributed by atoms with E-state index < -0.39 is 41.2 Å². The summed E-state index contributed by atoms with van der Waals surface area (Å²) in [6.45, 7) is 7.05. The van der Waals surface area contributed by atoms with Gasteiger partial charge in [-0.1, -0.05) is 37.4 Å². The predicted octanol–water partition coefficient (Wildman–Crippen LogP) is 9.70. The van der Waals surface area contributed by atoms with Crippen molar-refractivity contribution in [3.63, 3.8) is 0 Å². The van der Waals surface area contributed by atoms with E-state index in [4.69, 9.17) is 37.9 Å². The van der Waals surface area contributed by atoms with Crippen LogP contribution in [0.1, 0.15) is 89.4 Å². The lowest BCUT2D eigenvalue weighted by molar-refractivity contribution is -0.144. The molecule has 0 saturated heterocycles. The third kappa shape index (κ3) is 11.1. The molecule has 0 aliphatic heterocycles. The Morgan fingerprint density at radius 1 is 0.443 bits per heavy atom. The summed E-state index contributed by atoms with van der Waals surface area (Å²) in [5.41, 5.74) is 4.34. The molecular formula is C56H46O14. The molecule has 1 spiro atoms. The fourth-order valence-electron chi connectivity index (χ4n) is 8.56. The van der Waals surface area contributed by atoms with Crippen molar-refractivity contribution in [3.8, 4) is 34.5 Å². The zero-order valence-corrected chi connectivity index (χ0v) is 37.9. The lowest BCUT2D eigenvalue weighted by atomic mass is 9.73. The fourth-order valence-corrected chi connectivity index (χ4v) is 8.56. The summed E-state index contributed by atoms with van der Waals surface area (Å²) in [4.78, 5) is 76.3. The number of fused-ring (bicyclic) bond motifs is 4. The Kier molecular flexibility index (Phi) is 14.9. The van der Waals surface area contributed by atoms with Crippen LogP contribution in [0.3, 0.4) is 0 Å². The molecule has 0 saturated carbocycles. The lowest BCUT2D eigenvalue weighted by Gasteiger charge is -2.30. The molecule has 0 fully saturated rings. The Morgan fingerprint density at radius 2 is 0.829 bits per heavy atom. The average Bonchev–Trinajstić information content (AvgIpc) is 3.96. The number of unbranched alkanes of at least 4 members (excludes halogenated alkanes) is 1. The Morgan fingerprint density at radius 3 is 1.27 bits per heavy atom. The Bertz CT molecular complexity index is 2930. The molecule has 0 N–H and O–H groups in total. The second-order valence-electron chi connectivity index (χ2n) is 16.2. The van der Waals surface area contributed by atoms with Gasteiger partial charge in [-0.15, -0.1) is 0 Å². The van der Waals surface area contributed by atoms with Crippen LogP contribution in [0.2, 0.25) is 0 Å². The highest BCUT2D eigenvalue weighted by Gasteiger charge is 2.49. The summed E-state index contributed by atoms with van der Waals surface area (Å²) in [5, 5.41) is 0. The first-order valence-electron chi connectivity index (χ1n) is 22.4. The number of aryl methyl sites for hydroxylation is 2. The van der Waals surface area contributed by atoms with Crippen LogP contribution in [0.25, 0.3) is 0 Å². The van der Waals surface area contributed by atoms with Gasteiger partial charge in [0.15, 0.2) is 0 Å². The van der Waals surface area contributed by atoms with Gasteiger partial charge >= 0.3 is 35.8 Å². The molecule has 0 amide bonds. The topological polar surface area (TPSA) is 176 Å². The standard InChI is InChI=1S/C56H46O14/c1-3-48(57)64-34-6-5-33-63-40-17-13-38(14-18-40)52(59)67-42-21-25-44(26-22-42)69-54(61)46-11-7-9-36-29-31-56(50(36)46)32-30-37-10-8-12-47(51(37)56)55(62)70-45-27-23-43(24-28-45)68-53(60)39-15-19-41(20-16-39)65-35-66-49(58)4-2/h3-4,7-28H,1-2,5-6,29-35H2. The summed E-state index contributed by atoms with van der Waals surface area (Å²) in [6.07, 6.45) is 6.18. The molecule has 0 radical (unpaired) electrons. The molecular weight excluding hydrogens is 897 g/mol. The summed E-state index contributed by atoms with van der Waals surface area (Å²) in [6, 6.07) is 36.0. The first-order valence-corrected chi connectivity index (χ1v) is 22.4. The number of hydrogen-bond acceptors (Lipinski definition) is 14. The van der Waals surface area contributed by atoms with Gasteiger partial charge in [0.25, 0.3) is 0 Å². The molecule has 354 valence electrons. The van der Waals surface area contributed by atoms with Gasteiger partial charge in [0.05, 0.1) is 35.5 Å². The van der Waals surface area contributed by atoms with Crippen molar-refractivity contribution in [2.45, 2.75) is 43.9 Å². The minimum atomic E-state index is -0.650. The Balaban J connectivity index is 0.882. The number of carbonyl (C=O) groups is 6. The summed E-state index contributed by atoms with van der Waals surface area (Å²) in [5.74, 6) is -1.52. The minimum Gasteiger partial charge on any atom is -0.494 e. The zero-order chi connectivity index (χ0) is 49.0. The van der Waals surface area contributed by atoms with Crippen molar-refractivity contribution in [1.82, 2.24) is 0 Å². The van der Waals surface area contributed by atoms with Crippen LogP contribution >= 0.6 is 0 Å². The van der Waals surface area contributed by atoms with Crippen LogP contribution in [0.5, 0.6) is 34.5 Å². The number of rotatable bonds is 19. The minimum absolute atomic E-state index is 0.226. The van der Waals surface area contributed by atoms with Crippen molar-refractivity contribution in [2.24, 2.45) is 0 Å². The summed E-state index contributed by atoms with van der Waals surface area (Å²) in [7, 11) is 0. The summed E-state index contributed by atoms with van der Waals surface area (Å²) < 4.78 is 43.7. The molecule has 0 heterocycles. The van der Waals surface area contributed by atoms with E-state index in [0.717, 1.165) is 34.4 Å². The van der Waals surface area contributed by atoms with Gasteiger partial charge in [-0.2, -0.15) is 0 Å². The number of ether oxygens (including phenoxy) is 8. The Hall–Kier alpha value is -8.78. The highest BCUT2D eigenvalue weighted by Crippen LogP contribution is 2.54. The molecule has 2 aliphatic carbocycles. The van der Waals surface area contributed by atoms with E-state index in [1.165, 1.54) is 48.5 Å². The van der Waals surface area contributed by atoms with Gasteiger partial charge in [-0.05, 0) is 170 Å². The number of carbonyl (C=O) groups excluding carboxylic acids is 6. The monoisotopic (exact) mass is 942 g/mol. The van der Waals surface area contributed by atoms with Crippen molar-refractivity contribution < 1.29 is 66.7 Å². The third-order valence-electron chi connectivity index (χ3n) is 11.8. The van der Waals surface area contributed by atoms with Gasteiger partial charge in [0.1, 0.15) is 34.5 Å². The van der Waals surface area contributed by atoms with Crippen LogP contribution < -0.4 is 28.4 Å². The molecule has 2 aliphatic rings. The smallest absolute Gasteiger partial charge is 0.343 e. The predicted molar refractivity (Wildman–Crippen MR) is 254 cm³/mol. The maximum absolute atomic E-state index is 14.1. The normalized spacial score (nSPS) is 14.0. The molecule has 1 atom stereocenters. The van der Waals surface area contributed by atoms with E-state index in [9.17, 15) is 28.8 Å². The van der Waals surface area contributed by atoms with Crippen molar-refractivity contribution >= 4 is 35.8 Å². The molecule has 1 unspecified atom stereocenters. The third-order valence-corrected chi connectivity index (χ3v) is 11.8. The highest BCUT2D eigenvalue weighted by atomic mass is 16.7. The molecule has 70 heavy (non-hydrogen) atoms. The quantitative estimate of drug-likeness (QED) is 0.0247. The maximum Gasteiger partial charge on any atom is 0.343 e. The second kappa shape index (κ2) is 21.9. The maximum atomic E-state index is 14.1. The lowest BCUT2D eigenvalue weighted by Crippen LogP contribution is -2.28. The van der Waals surface area contributed by atoms with Gasteiger partial charge in [-0.3, -0.25) is 0 Å². The molecule has 8 rings (SSSR count). The van der Waals surface area contributed by atoms with E-state index in [1.807, 2.05) is 24.3 Å². The van der Waals surface area contributed by atoms with E-state index in [-0.39, 0.29) is 42.0 Å². The van der Waals surface area contributed by atoms with Crippen LogP contribution in [0, 0.1) is 0 Å². The van der Waals surface area contributed by atoms with Crippen molar-refractivity contribution in [2.75, 3.05) is 20.0 Å². The average molecular weight is 943 g/mol.